The molecule has 0 bridgehead atoms. The van der Waals surface area contributed by atoms with E-state index in [1.807, 2.05) is 17.9 Å². The minimum absolute atomic E-state index is 0.284. The summed E-state index contributed by atoms with van der Waals surface area (Å²) in [5.41, 5.74) is 1.27. The lowest BCUT2D eigenvalue weighted by Crippen LogP contribution is -2.41. The molecule has 144 valence electrons. The van der Waals surface area contributed by atoms with E-state index >= 15 is 0 Å². The lowest BCUT2D eigenvalue weighted by Gasteiger charge is -2.37. The van der Waals surface area contributed by atoms with Gasteiger partial charge in [0, 0.05) is 12.7 Å². The van der Waals surface area contributed by atoms with Gasteiger partial charge in [0.1, 0.15) is 0 Å². The molecule has 2 heterocycles. The van der Waals surface area contributed by atoms with Gasteiger partial charge in [-0.1, -0.05) is 18.2 Å². The highest BCUT2D eigenvalue weighted by Gasteiger charge is 2.35. The van der Waals surface area contributed by atoms with Gasteiger partial charge in [-0.15, -0.1) is 0 Å². The molecule has 3 rings (SSSR count). The van der Waals surface area contributed by atoms with E-state index in [9.17, 15) is 23.1 Å². The Balaban J connectivity index is 2.06. The van der Waals surface area contributed by atoms with Crippen LogP contribution in [0, 0.1) is 12.8 Å². The van der Waals surface area contributed by atoms with Crippen LogP contribution in [0.5, 0.6) is 0 Å². The molecule has 2 aromatic rings. The van der Waals surface area contributed by atoms with Crippen molar-refractivity contribution in [2.75, 3.05) is 13.1 Å². The Morgan fingerprint density at radius 3 is 2.74 bits per heavy atom. The fourth-order valence-corrected chi connectivity index (χ4v) is 3.65. The highest BCUT2D eigenvalue weighted by atomic mass is 19.4. The Labute approximate surface area is 155 Å². The summed E-state index contributed by atoms with van der Waals surface area (Å²) in [6, 6.07) is 8.35. The van der Waals surface area contributed by atoms with Gasteiger partial charge in [0.2, 0.25) is 0 Å². The predicted molar refractivity (Wildman–Crippen MR) is 94.2 cm³/mol. The third kappa shape index (κ3) is 4.30. The molecule has 1 aromatic carbocycles. The van der Waals surface area contributed by atoms with Gasteiger partial charge in [0.25, 0.3) is 0 Å². The maximum absolute atomic E-state index is 13.2. The normalized spacial score (nSPS) is 19.6. The van der Waals surface area contributed by atoms with Gasteiger partial charge in [-0.3, -0.25) is 14.7 Å². The zero-order valence-corrected chi connectivity index (χ0v) is 14.9. The van der Waals surface area contributed by atoms with Crippen LogP contribution in [0.15, 0.2) is 42.6 Å². The zero-order chi connectivity index (χ0) is 19.6. The minimum atomic E-state index is -4.44. The Kier molecular flexibility index (Phi) is 5.51. The third-order valence-electron chi connectivity index (χ3n) is 5.01. The van der Waals surface area contributed by atoms with Gasteiger partial charge >= 0.3 is 12.1 Å². The molecular weight excluding hydrogens is 357 g/mol. The van der Waals surface area contributed by atoms with Crippen LogP contribution in [0.1, 0.15) is 41.3 Å². The number of benzene rings is 1. The number of rotatable bonds is 4. The van der Waals surface area contributed by atoms with Crippen LogP contribution < -0.4 is 0 Å². The molecule has 0 spiro atoms. The van der Waals surface area contributed by atoms with Crippen molar-refractivity contribution in [1.29, 1.82) is 0 Å². The van der Waals surface area contributed by atoms with Gasteiger partial charge in [-0.2, -0.15) is 13.2 Å². The molecule has 1 aromatic heterocycles. The number of aryl methyl sites for hydroxylation is 1. The summed E-state index contributed by atoms with van der Waals surface area (Å²) >= 11 is 0. The number of pyridine rings is 1. The third-order valence-corrected chi connectivity index (χ3v) is 5.01. The van der Waals surface area contributed by atoms with Crippen molar-refractivity contribution in [2.45, 2.75) is 32.0 Å². The molecule has 27 heavy (non-hydrogen) atoms. The minimum Gasteiger partial charge on any atom is -0.481 e. The summed E-state index contributed by atoms with van der Waals surface area (Å²) in [6.45, 7) is 2.76. The van der Waals surface area contributed by atoms with E-state index in [1.165, 1.54) is 6.07 Å². The van der Waals surface area contributed by atoms with Gasteiger partial charge in [0.05, 0.1) is 23.2 Å². The number of aromatic nitrogens is 1. The highest BCUT2D eigenvalue weighted by Crippen LogP contribution is 2.36. The number of carboxylic acid groups (broad SMARTS) is 1. The summed E-state index contributed by atoms with van der Waals surface area (Å²) in [7, 11) is 0. The molecule has 7 heteroatoms. The number of carbonyl (C=O) groups is 1. The first-order valence-corrected chi connectivity index (χ1v) is 8.83. The molecule has 0 amide bonds. The van der Waals surface area contributed by atoms with Crippen molar-refractivity contribution in [3.8, 4) is 0 Å². The van der Waals surface area contributed by atoms with Crippen molar-refractivity contribution >= 4 is 5.97 Å². The molecule has 0 saturated carbocycles. The Bertz CT molecular complexity index is 823. The molecule has 1 fully saturated rings. The number of piperidine rings is 1. The summed E-state index contributed by atoms with van der Waals surface area (Å²) in [6.07, 6.45) is -1.58. The molecule has 1 aliphatic heterocycles. The van der Waals surface area contributed by atoms with E-state index in [1.54, 1.807) is 18.3 Å². The fourth-order valence-electron chi connectivity index (χ4n) is 3.65. The van der Waals surface area contributed by atoms with Crippen LogP contribution in [0.3, 0.4) is 0 Å². The number of hydrogen-bond donors (Lipinski definition) is 1. The lowest BCUT2D eigenvalue weighted by molar-refractivity contribution is -0.143. The van der Waals surface area contributed by atoms with Crippen LogP contribution in [-0.4, -0.2) is 34.0 Å². The number of aliphatic carboxylic acids is 1. The lowest BCUT2D eigenvalue weighted by atomic mass is 9.91. The Hall–Kier alpha value is -2.41. The summed E-state index contributed by atoms with van der Waals surface area (Å²) in [5.74, 6) is -1.41. The average Bonchev–Trinajstić information content (AvgIpc) is 2.63. The van der Waals surface area contributed by atoms with Gasteiger partial charge in [0.15, 0.2) is 0 Å². The maximum Gasteiger partial charge on any atom is 0.416 e. The van der Waals surface area contributed by atoms with E-state index < -0.39 is 29.7 Å². The molecule has 2 unspecified atom stereocenters. The second kappa shape index (κ2) is 7.68. The molecule has 1 N–H and O–H groups in total. The molecule has 1 aliphatic rings. The fraction of sp³-hybridized carbons (Fsp3) is 0.400. The monoisotopic (exact) mass is 378 g/mol. The van der Waals surface area contributed by atoms with Crippen molar-refractivity contribution in [1.82, 2.24) is 9.88 Å². The van der Waals surface area contributed by atoms with E-state index in [0.717, 1.165) is 17.7 Å². The van der Waals surface area contributed by atoms with E-state index in [-0.39, 0.29) is 6.54 Å². The summed E-state index contributed by atoms with van der Waals surface area (Å²) in [5, 5.41) is 9.39. The van der Waals surface area contributed by atoms with Crippen LogP contribution in [0.2, 0.25) is 0 Å². The van der Waals surface area contributed by atoms with E-state index in [2.05, 4.69) is 4.98 Å². The standard InChI is InChI=1S/C20H21F3N2O2/c1-13-5-3-9-24-17(13)18(25-10-4-7-15(12-25)19(26)27)14-6-2-8-16(11-14)20(21,22)23/h2-3,5-6,8-9,11,15,18H,4,7,10,12H2,1H3,(H,26,27). The van der Waals surface area contributed by atoms with Crippen LogP contribution >= 0.6 is 0 Å². The smallest absolute Gasteiger partial charge is 0.416 e. The summed E-state index contributed by atoms with van der Waals surface area (Å²) < 4.78 is 39.6. The Morgan fingerprint density at radius 2 is 2.07 bits per heavy atom. The van der Waals surface area contributed by atoms with E-state index in [0.29, 0.717) is 30.6 Å². The zero-order valence-electron chi connectivity index (χ0n) is 14.9. The van der Waals surface area contributed by atoms with E-state index in [4.69, 9.17) is 0 Å². The first-order chi connectivity index (χ1) is 12.8. The molecule has 4 nitrogen and oxygen atoms in total. The van der Waals surface area contributed by atoms with Crippen LogP contribution in [0.4, 0.5) is 13.2 Å². The molecule has 2 atom stereocenters. The highest BCUT2D eigenvalue weighted by molar-refractivity contribution is 5.70. The average molecular weight is 378 g/mol. The molecule has 1 saturated heterocycles. The van der Waals surface area contributed by atoms with Crippen molar-refractivity contribution < 1.29 is 23.1 Å². The van der Waals surface area contributed by atoms with Crippen molar-refractivity contribution in [2.24, 2.45) is 5.92 Å². The van der Waals surface area contributed by atoms with Crippen molar-refractivity contribution in [3.05, 3.63) is 65.0 Å². The van der Waals surface area contributed by atoms with Crippen LogP contribution in [-0.2, 0) is 11.0 Å². The number of likely N-dealkylation sites (tertiary alicyclic amines) is 1. The second-order valence-corrected chi connectivity index (χ2v) is 6.90. The van der Waals surface area contributed by atoms with Gasteiger partial charge < -0.3 is 5.11 Å². The second-order valence-electron chi connectivity index (χ2n) is 6.90. The number of alkyl halides is 3. The Morgan fingerprint density at radius 1 is 1.30 bits per heavy atom. The number of halogens is 3. The predicted octanol–water partition coefficient (Wildman–Crippen LogP) is 4.29. The molecule has 0 aliphatic carbocycles. The number of carboxylic acids is 1. The quantitative estimate of drug-likeness (QED) is 0.862. The maximum atomic E-state index is 13.2. The SMILES string of the molecule is Cc1cccnc1C(c1cccc(C(F)(F)F)c1)N1CCCC(C(=O)O)C1. The molecule has 0 radical (unpaired) electrons. The molecular formula is C20H21F3N2O2. The topological polar surface area (TPSA) is 53.4 Å². The summed E-state index contributed by atoms with van der Waals surface area (Å²) in [4.78, 5) is 17.8. The number of nitrogens with zero attached hydrogens (tertiary/aromatic N) is 2. The van der Waals surface area contributed by atoms with Gasteiger partial charge in [-0.05, 0) is 55.6 Å². The largest absolute Gasteiger partial charge is 0.481 e. The number of hydrogen-bond acceptors (Lipinski definition) is 3. The van der Waals surface area contributed by atoms with Gasteiger partial charge in [-0.25, -0.2) is 0 Å². The van der Waals surface area contributed by atoms with Crippen molar-refractivity contribution in [3.63, 3.8) is 0 Å². The van der Waals surface area contributed by atoms with Crippen LogP contribution in [0.25, 0.3) is 0 Å². The first kappa shape index (κ1) is 19.4. The first-order valence-electron chi connectivity index (χ1n) is 8.83.